The molecule has 0 radical (unpaired) electrons. The van der Waals surface area contributed by atoms with E-state index >= 15 is 0 Å². The zero-order chi connectivity index (χ0) is 16.7. The second-order valence-electron chi connectivity index (χ2n) is 7.68. The Bertz CT molecular complexity index is 602. The highest BCUT2D eigenvalue weighted by molar-refractivity contribution is 5.81. The summed E-state index contributed by atoms with van der Waals surface area (Å²) in [5, 5.41) is 4.06. The molecule has 3 heterocycles. The third kappa shape index (κ3) is 3.09. The number of morpholine rings is 1. The summed E-state index contributed by atoms with van der Waals surface area (Å²) in [5.41, 5.74) is 1.97. The second kappa shape index (κ2) is 6.15. The average Bonchev–Trinajstić information content (AvgIpc) is 3.37. The van der Waals surface area contributed by atoms with Crippen LogP contribution < -0.4 is 0 Å². The number of carbonyl (C=O) groups is 1. The molecule has 1 saturated carbocycles. The van der Waals surface area contributed by atoms with Crippen molar-refractivity contribution in [3.63, 3.8) is 0 Å². The third-order valence-electron chi connectivity index (χ3n) is 5.67. The maximum absolute atomic E-state index is 12.4. The van der Waals surface area contributed by atoms with Crippen LogP contribution in [0.4, 0.5) is 0 Å². The Balaban J connectivity index is 1.44. The molecular formula is C18H27N3O3. The molecule has 1 amide bonds. The second-order valence-corrected chi connectivity index (χ2v) is 7.68. The Labute approximate surface area is 143 Å². The minimum absolute atomic E-state index is 0.194. The molecule has 1 aromatic rings. The molecule has 4 rings (SSSR count). The van der Waals surface area contributed by atoms with Crippen LogP contribution in [0.2, 0.25) is 0 Å². The van der Waals surface area contributed by atoms with Crippen molar-refractivity contribution in [3.05, 3.63) is 17.0 Å². The standard InChI is InChI=1S/C18H27N3O3/c1-13-16(14(2)24-19-13)10-20-7-3-6-18(11-20)12-21(8-9-23-18)17(22)15-4-5-15/h15H,3-12H2,1-2H3. The number of hydrogen-bond donors (Lipinski definition) is 0. The molecule has 1 atom stereocenters. The van der Waals surface area contributed by atoms with Gasteiger partial charge in [0.25, 0.3) is 0 Å². The first kappa shape index (κ1) is 16.1. The van der Waals surface area contributed by atoms with Gasteiger partial charge in [0, 0.05) is 31.1 Å². The Morgan fingerprint density at radius 2 is 2.12 bits per heavy atom. The van der Waals surface area contributed by atoms with Crippen molar-refractivity contribution in [3.8, 4) is 0 Å². The Kier molecular flexibility index (Phi) is 4.12. The number of amides is 1. The summed E-state index contributed by atoms with van der Waals surface area (Å²) in [4.78, 5) is 16.9. The van der Waals surface area contributed by atoms with Gasteiger partial charge in [0.2, 0.25) is 5.91 Å². The monoisotopic (exact) mass is 333 g/mol. The summed E-state index contributed by atoms with van der Waals surface area (Å²) in [6.07, 6.45) is 4.29. The number of ether oxygens (including phenoxy) is 1. The molecule has 2 aliphatic heterocycles. The van der Waals surface area contributed by atoms with E-state index in [4.69, 9.17) is 9.26 Å². The molecule has 132 valence electrons. The molecule has 0 aromatic carbocycles. The minimum Gasteiger partial charge on any atom is -0.370 e. The first-order valence-corrected chi connectivity index (χ1v) is 9.13. The molecule has 3 fully saturated rings. The fourth-order valence-electron chi connectivity index (χ4n) is 4.14. The Morgan fingerprint density at radius 3 is 2.83 bits per heavy atom. The van der Waals surface area contributed by atoms with E-state index < -0.39 is 0 Å². The molecule has 1 unspecified atom stereocenters. The number of aromatic nitrogens is 1. The van der Waals surface area contributed by atoms with Crippen LogP contribution in [-0.4, -0.2) is 59.3 Å². The number of nitrogens with zero attached hydrogens (tertiary/aromatic N) is 3. The van der Waals surface area contributed by atoms with Crippen molar-refractivity contribution in [2.45, 2.75) is 51.7 Å². The van der Waals surface area contributed by atoms with Crippen LogP contribution in [0.3, 0.4) is 0 Å². The third-order valence-corrected chi connectivity index (χ3v) is 5.67. The van der Waals surface area contributed by atoms with Gasteiger partial charge in [-0.15, -0.1) is 0 Å². The predicted molar refractivity (Wildman–Crippen MR) is 88.5 cm³/mol. The van der Waals surface area contributed by atoms with Crippen LogP contribution in [0.1, 0.15) is 42.7 Å². The lowest BCUT2D eigenvalue weighted by atomic mass is 9.90. The first-order chi connectivity index (χ1) is 11.6. The van der Waals surface area contributed by atoms with Gasteiger partial charge < -0.3 is 14.2 Å². The minimum atomic E-state index is -0.194. The van der Waals surface area contributed by atoms with Gasteiger partial charge in [-0.3, -0.25) is 9.69 Å². The van der Waals surface area contributed by atoms with Crippen LogP contribution in [0.25, 0.3) is 0 Å². The molecule has 1 spiro atoms. The van der Waals surface area contributed by atoms with Gasteiger partial charge in [-0.25, -0.2) is 0 Å². The number of likely N-dealkylation sites (tertiary alicyclic amines) is 1. The van der Waals surface area contributed by atoms with E-state index in [1.165, 1.54) is 5.56 Å². The van der Waals surface area contributed by atoms with E-state index in [0.29, 0.717) is 18.4 Å². The van der Waals surface area contributed by atoms with Gasteiger partial charge >= 0.3 is 0 Å². The summed E-state index contributed by atoms with van der Waals surface area (Å²) in [5.74, 6) is 1.55. The van der Waals surface area contributed by atoms with Crippen molar-refractivity contribution in [2.75, 3.05) is 32.8 Å². The van der Waals surface area contributed by atoms with Gasteiger partial charge in [0.1, 0.15) is 5.76 Å². The molecule has 1 aliphatic carbocycles. The quantitative estimate of drug-likeness (QED) is 0.845. The van der Waals surface area contributed by atoms with E-state index in [-0.39, 0.29) is 5.60 Å². The maximum Gasteiger partial charge on any atom is 0.225 e. The first-order valence-electron chi connectivity index (χ1n) is 9.13. The highest BCUT2D eigenvalue weighted by Gasteiger charge is 2.44. The Hall–Kier alpha value is -1.40. The van der Waals surface area contributed by atoms with Gasteiger partial charge in [0.15, 0.2) is 0 Å². The molecule has 2 saturated heterocycles. The fraction of sp³-hybridized carbons (Fsp3) is 0.778. The van der Waals surface area contributed by atoms with E-state index in [0.717, 1.165) is 69.9 Å². The average molecular weight is 333 g/mol. The zero-order valence-corrected chi connectivity index (χ0v) is 14.7. The molecule has 1 aromatic heterocycles. The number of carbonyl (C=O) groups excluding carboxylic acids is 1. The van der Waals surface area contributed by atoms with Crippen molar-refractivity contribution in [2.24, 2.45) is 5.92 Å². The van der Waals surface area contributed by atoms with Crippen molar-refractivity contribution >= 4 is 5.91 Å². The van der Waals surface area contributed by atoms with Crippen LogP contribution >= 0.6 is 0 Å². The van der Waals surface area contributed by atoms with Gasteiger partial charge in [-0.2, -0.15) is 0 Å². The number of piperidine rings is 1. The largest absolute Gasteiger partial charge is 0.370 e. The van der Waals surface area contributed by atoms with Crippen molar-refractivity contribution in [1.29, 1.82) is 0 Å². The van der Waals surface area contributed by atoms with Crippen molar-refractivity contribution < 1.29 is 14.1 Å². The summed E-state index contributed by atoms with van der Waals surface area (Å²) < 4.78 is 11.5. The SMILES string of the molecule is Cc1noc(C)c1CN1CCCC2(C1)CN(C(=O)C1CC1)CCO2. The van der Waals surface area contributed by atoms with Crippen LogP contribution in [0, 0.1) is 19.8 Å². The normalized spacial score (nSPS) is 28.5. The lowest BCUT2D eigenvalue weighted by Crippen LogP contribution is -2.60. The highest BCUT2D eigenvalue weighted by Crippen LogP contribution is 2.35. The fourth-order valence-corrected chi connectivity index (χ4v) is 4.14. The molecule has 0 bridgehead atoms. The number of rotatable bonds is 3. The molecule has 3 aliphatic rings. The van der Waals surface area contributed by atoms with E-state index in [9.17, 15) is 4.79 Å². The van der Waals surface area contributed by atoms with Crippen LogP contribution in [0.15, 0.2) is 4.52 Å². The zero-order valence-electron chi connectivity index (χ0n) is 14.7. The topological polar surface area (TPSA) is 58.8 Å². The van der Waals surface area contributed by atoms with E-state index in [1.54, 1.807) is 0 Å². The van der Waals surface area contributed by atoms with E-state index in [1.807, 2.05) is 13.8 Å². The van der Waals surface area contributed by atoms with Gasteiger partial charge in [-0.05, 0) is 46.1 Å². The lowest BCUT2D eigenvalue weighted by molar-refractivity contribution is -0.162. The molecule has 24 heavy (non-hydrogen) atoms. The molecule has 0 N–H and O–H groups in total. The number of aryl methyl sites for hydroxylation is 2. The number of hydrogen-bond acceptors (Lipinski definition) is 5. The maximum atomic E-state index is 12.4. The molecular weight excluding hydrogens is 306 g/mol. The van der Waals surface area contributed by atoms with Gasteiger partial charge in [0.05, 0.1) is 24.4 Å². The summed E-state index contributed by atoms with van der Waals surface area (Å²) in [6, 6.07) is 0. The van der Waals surface area contributed by atoms with Crippen molar-refractivity contribution in [1.82, 2.24) is 15.0 Å². The molecule has 6 heteroatoms. The van der Waals surface area contributed by atoms with Crippen LogP contribution in [0.5, 0.6) is 0 Å². The summed E-state index contributed by atoms with van der Waals surface area (Å²) >= 11 is 0. The Morgan fingerprint density at radius 1 is 1.29 bits per heavy atom. The van der Waals surface area contributed by atoms with Crippen LogP contribution in [-0.2, 0) is 16.1 Å². The summed E-state index contributed by atoms with van der Waals surface area (Å²) in [7, 11) is 0. The highest BCUT2D eigenvalue weighted by atomic mass is 16.5. The smallest absolute Gasteiger partial charge is 0.225 e. The van der Waals surface area contributed by atoms with Gasteiger partial charge in [-0.1, -0.05) is 5.16 Å². The molecule has 6 nitrogen and oxygen atoms in total. The lowest BCUT2D eigenvalue weighted by Gasteiger charge is -2.48. The predicted octanol–water partition coefficient (Wildman–Crippen LogP) is 1.89. The van der Waals surface area contributed by atoms with E-state index in [2.05, 4.69) is 15.0 Å². The summed E-state index contributed by atoms with van der Waals surface area (Å²) in [6.45, 7) is 8.93.